The molecule has 0 saturated heterocycles. The van der Waals surface area contributed by atoms with Crippen LogP contribution in [0.3, 0.4) is 0 Å². The van der Waals surface area contributed by atoms with E-state index in [1.54, 1.807) is 0 Å². The van der Waals surface area contributed by atoms with Crippen molar-refractivity contribution in [2.45, 2.75) is 0 Å². The van der Waals surface area contributed by atoms with Crippen LogP contribution in [0, 0.1) is 0 Å². The van der Waals surface area contributed by atoms with Gasteiger partial charge in [-0.15, -0.1) is 0 Å². The van der Waals surface area contributed by atoms with Crippen LogP contribution in [0.25, 0.3) is 0 Å². The number of aromatic nitrogens is 1. The van der Waals surface area contributed by atoms with Crippen LogP contribution in [0.1, 0.15) is 0 Å². The lowest BCUT2D eigenvalue weighted by molar-refractivity contribution is 0.473. The van der Waals surface area contributed by atoms with Gasteiger partial charge in [-0.25, -0.2) is 4.98 Å². The van der Waals surface area contributed by atoms with Crippen molar-refractivity contribution in [2.24, 2.45) is 0 Å². The van der Waals surface area contributed by atoms with E-state index in [1.165, 1.54) is 0 Å². The SMILES string of the molecule is C[N+](C)(C)c1ccccn1.[OH-]. The van der Waals surface area contributed by atoms with Gasteiger partial charge in [0.15, 0.2) is 0 Å². The molecule has 1 aromatic heterocycles. The number of hydrogen-bond acceptors (Lipinski definition) is 2. The molecule has 1 rings (SSSR count). The molecule has 0 radical (unpaired) electrons. The molecule has 1 aromatic rings. The predicted octanol–water partition coefficient (Wildman–Crippen LogP) is 1.10. The first-order valence-corrected chi connectivity index (χ1v) is 3.34. The molecular formula is C8H14N2O. The van der Waals surface area contributed by atoms with E-state index >= 15 is 0 Å². The summed E-state index contributed by atoms with van der Waals surface area (Å²) in [5.41, 5.74) is 0. The van der Waals surface area contributed by atoms with E-state index in [1.807, 2.05) is 24.4 Å². The fraction of sp³-hybridized carbons (Fsp3) is 0.375. The zero-order valence-electron chi connectivity index (χ0n) is 7.15. The number of quaternary nitrogens is 1. The number of hydrogen-bond donors (Lipinski definition) is 0. The second-order valence-corrected chi connectivity index (χ2v) is 3.20. The molecule has 0 aromatic carbocycles. The molecule has 0 amide bonds. The van der Waals surface area contributed by atoms with Gasteiger partial charge in [-0.3, -0.25) is 4.48 Å². The Balaban J connectivity index is 0.000001000. The molecule has 0 saturated carbocycles. The van der Waals surface area contributed by atoms with Gasteiger partial charge in [0.05, 0.1) is 21.1 Å². The smallest absolute Gasteiger partial charge is 0.226 e. The summed E-state index contributed by atoms with van der Waals surface area (Å²) in [6.45, 7) is 0. The minimum atomic E-state index is 0. The first-order chi connectivity index (χ1) is 4.61. The molecule has 11 heavy (non-hydrogen) atoms. The van der Waals surface area contributed by atoms with E-state index in [4.69, 9.17) is 0 Å². The molecule has 0 bridgehead atoms. The molecule has 0 spiro atoms. The van der Waals surface area contributed by atoms with Crippen molar-refractivity contribution in [3.8, 4) is 0 Å². The molecule has 1 heterocycles. The summed E-state index contributed by atoms with van der Waals surface area (Å²) in [7, 11) is 6.30. The van der Waals surface area contributed by atoms with Crippen molar-refractivity contribution in [3.05, 3.63) is 24.4 Å². The molecule has 1 N–H and O–H groups in total. The maximum Gasteiger partial charge on any atom is 0.226 e. The zero-order chi connectivity index (χ0) is 7.61. The minimum absolute atomic E-state index is 0. The van der Waals surface area contributed by atoms with Gasteiger partial charge < -0.3 is 5.48 Å². The Bertz CT molecular complexity index is 203. The fourth-order valence-corrected chi connectivity index (χ4v) is 0.751. The third-order valence-corrected chi connectivity index (χ3v) is 1.34. The monoisotopic (exact) mass is 154 g/mol. The van der Waals surface area contributed by atoms with E-state index in [0.29, 0.717) is 0 Å². The summed E-state index contributed by atoms with van der Waals surface area (Å²) in [6.07, 6.45) is 1.82. The van der Waals surface area contributed by atoms with E-state index in [2.05, 4.69) is 26.1 Å². The molecule has 0 aliphatic heterocycles. The van der Waals surface area contributed by atoms with Gasteiger partial charge >= 0.3 is 0 Å². The Morgan fingerprint density at radius 2 is 1.82 bits per heavy atom. The molecule has 0 atom stereocenters. The summed E-state index contributed by atoms with van der Waals surface area (Å²) in [4.78, 5) is 4.22. The lowest BCUT2D eigenvalue weighted by Crippen LogP contribution is -2.35. The van der Waals surface area contributed by atoms with Crippen LogP contribution in [0.4, 0.5) is 5.82 Å². The zero-order valence-corrected chi connectivity index (χ0v) is 7.15. The maximum absolute atomic E-state index is 4.22. The topological polar surface area (TPSA) is 42.9 Å². The van der Waals surface area contributed by atoms with Crippen LogP contribution in [0.5, 0.6) is 0 Å². The molecule has 3 nitrogen and oxygen atoms in total. The number of nitrogens with zero attached hydrogens (tertiary/aromatic N) is 2. The van der Waals surface area contributed by atoms with Crippen LogP contribution >= 0.6 is 0 Å². The Labute approximate surface area is 67.2 Å². The van der Waals surface area contributed by atoms with Crippen LogP contribution < -0.4 is 4.48 Å². The largest absolute Gasteiger partial charge is 0.870 e. The summed E-state index contributed by atoms with van der Waals surface area (Å²) in [5, 5.41) is 0. The lowest BCUT2D eigenvalue weighted by atomic mass is 10.4. The third kappa shape index (κ3) is 2.65. The van der Waals surface area contributed by atoms with Crippen LogP contribution in [0.15, 0.2) is 24.4 Å². The molecule has 0 unspecified atom stereocenters. The van der Waals surface area contributed by atoms with Crippen molar-refractivity contribution in [2.75, 3.05) is 21.1 Å². The highest BCUT2D eigenvalue weighted by molar-refractivity contribution is 5.30. The van der Waals surface area contributed by atoms with Gasteiger partial charge in [-0.1, -0.05) is 6.07 Å². The minimum Gasteiger partial charge on any atom is -0.870 e. The summed E-state index contributed by atoms with van der Waals surface area (Å²) in [6, 6.07) is 5.96. The predicted molar refractivity (Wildman–Crippen MR) is 45.7 cm³/mol. The normalized spacial score (nSPS) is 10.5. The highest BCUT2D eigenvalue weighted by Gasteiger charge is 2.11. The van der Waals surface area contributed by atoms with Gasteiger partial charge in [0.25, 0.3) is 0 Å². The van der Waals surface area contributed by atoms with E-state index in [-0.39, 0.29) is 5.48 Å². The van der Waals surface area contributed by atoms with E-state index < -0.39 is 0 Å². The van der Waals surface area contributed by atoms with Crippen molar-refractivity contribution in [1.29, 1.82) is 0 Å². The second-order valence-electron chi connectivity index (χ2n) is 3.20. The third-order valence-electron chi connectivity index (χ3n) is 1.34. The summed E-state index contributed by atoms with van der Waals surface area (Å²) >= 11 is 0. The van der Waals surface area contributed by atoms with E-state index in [0.717, 1.165) is 10.3 Å². The molecule has 0 aliphatic rings. The Morgan fingerprint density at radius 1 is 1.18 bits per heavy atom. The quantitative estimate of drug-likeness (QED) is 0.568. The Hall–Kier alpha value is -0.930. The summed E-state index contributed by atoms with van der Waals surface area (Å²) < 4.78 is 0.779. The first-order valence-electron chi connectivity index (χ1n) is 3.34. The van der Waals surface area contributed by atoms with Gasteiger partial charge in [-0.05, 0) is 6.07 Å². The van der Waals surface area contributed by atoms with Gasteiger partial charge in [0.1, 0.15) is 0 Å². The van der Waals surface area contributed by atoms with Crippen molar-refractivity contribution < 1.29 is 5.48 Å². The highest BCUT2D eigenvalue weighted by Crippen LogP contribution is 2.09. The lowest BCUT2D eigenvalue weighted by Gasteiger charge is -2.21. The van der Waals surface area contributed by atoms with E-state index in [9.17, 15) is 0 Å². The standard InChI is InChI=1S/C8H13N2.H2O/c1-10(2,3)8-6-4-5-7-9-8;/h4-7H,1-3H3;1H2/q+1;/p-1. The summed E-state index contributed by atoms with van der Waals surface area (Å²) in [5.74, 6) is 1.09. The fourth-order valence-electron chi connectivity index (χ4n) is 0.751. The van der Waals surface area contributed by atoms with Crippen LogP contribution in [-0.4, -0.2) is 31.6 Å². The molecule has 0 aliphatic carbocycles. The van der Waals surface area contributed by atoms with Crippen molar-refractivity contribution in [3.63, 3.8) is 0 Å². The molecular weight excluding hydrogens is 140 g/mol. The van der Waals surface area contributed by atoms with Gasteiger partial charge in [0.2, 0.25) is 5.82 Å². The average molecular weight is 154 g/mol. The Morgan fingerprint density at radius 3 is 2.09 bits per heavy atom. The maximum atomic E-state index is 4.22. The molecule has 3 heteroatoms. The Kier molecular flexibility index (Phi) is 3.17. The second kappa shape index (κ2) is 3.46. The van der Waals surface area contributed by atoms with Crippen LogP contribution in [0.2, 0.25) is 0 Å². The van der Waals surface area contributed by atoms with Crippen molar-refractivity contribution in [1.82, 2.24) is 9.47 Å². The number of rotatable bonds is 1. The van der Waals surface area contributed by atoms with Crippen molar-refractivity contribution >= 4 is 5.82 Å². The average Bonchev–Trinajstić information content (AvgIpc) is 1.88. The van der Waals surface area contributed by atoms with Gasteiger partial charge in [0, 0.05) is 12.3 Å². The van der Waals surface area contributed by atoms with Crippen LogP contribution in [-0.2, 0) is 0 Å². The number of pyridine rings is 1. The van der Waals surface area contributed by atoms with Gasteiger partial charge in [-0.2, -0.15) is 0 Å². The first kappa shape index (κ1) is 10.1. The molecule has 62 valence electrons. The molecule has 0 fully saturated rings. The highest BCUT2D eigenvalue weighted by atomic mass is 16.0.